The fourth-order valence-electron chi connectivity index (χ4n) is 4.52. The largest absolute Gasteiger partial charge is 0.472 e. The lowest BCUT2D eigenvalue weighted by Gasteiger charge is -2.33. The number of carbonyl (C=O) groups is 1. The monoisotopic (exact) mass is 401 g/mol. The van der Waals surface area contributed by atoms with Crippen molar-refractivity contribution in [2.24, 2.45) is 5.92 Å². The number of pyridine rings is 1. The highest BCUT2D eigenvalue weighted by atomic mass is 19.4. The first-order chi connectivity index (χ1) is 13.9. The predicted molar refractivity (Wildman–Crippen MR) is 99.5 cm³/mol. The van der Waals surface area contributed by atoms with Crippen LogP contribution in [0.2, 0.25) is 0 Å². The number of H-pyrrole nitrogens is 1. The molecule has 1 aliphatic carbocycles. The number of hydrogen-bond donors (Lipinski definition) is 1. The average Bonchev–Trinajstić information content (AvgIpc) is 3.42. The number of halogens is 3. The number of nitrogens with one attached hydrogen (secondary N) is 1. The van der Waals surface area contributed by atoms with Gasteiger partial charge < -0.3 is 14.6 Å². The Hall–Kier alpha value is -3.03. The van der Waals surface area contributed by atoms with Crippen LogP contribution in [0.5, 0.6) is 5.88 Å². The van der Waals surface area contributed by atoms with Crippen LogP contribution in [0.25, 0.3) is 10.9 Å². The SMILES string of the molecule is O=C(c1cccc2cc[nH]c12)N1C[C@H]2C[C@@H](Oc3ccc(C(F)(F)F)cn3)[C@@H]1C2. The number of fused-ring (bicyclic) bond motifs is 3. The Morgan fingerprint density at radius 2 is 2.03 bits per heavy atom. The van der Waals surface area contributed by atoms with Crippen molar-refractivity contribution in [1.29, 1.82) is 0 Å². The number of aromatic amines is 1. The van der Waals surface area contributed by atoms with E-state index in [9.17, 15) is 18.0 Å². The molecule has 2 fully saturated rings. The highest BCUT2D eigenvalue weighted by molar-refractivity contribution is 6.06. The Labute approximate surface area is 164 Å². The third-order valence-corrected chi connectivity index (χ3v) is 5.84. The summed E-state index contributed by atoms with van der Waals surface area (Å²) < 4.78 is 44.0. The van der Waals surface area contributed by atoms with Crippen molar-refractivity contribution >= 4 is 16.8 Å². The maximum Gasteiger partial charge on any atom is 0.417 e. The van der Waals surface area contributed by atoms with Gasteiger partial charge in [0.05, 0.1) is 22.7 Å². The zero-order valence-electron chi connectivity index (χ0n) is 15.3. The first-order valence-corrected chi connectivity index (χ1v) is 9.47. The summed E-state index contributed by atoms with van der Waals surface area (Å²) in [4.78, 5) is 22.0. The van der Waals surface area contributed by atoms with Crippen molar-refractivity contribution in [2.75, 3.05) is 6.54 Å². The van der Waals surface area contributed by atoms with Gasteiger partial charge in [0.15, 0.2) is 0 Å². The van der Waals surface area contributed by atoms with Crippen LogP contribution in [0.4, 0.5) is 13.2 Å². The highest BCUT2D eigenvalue weighted by Crippen LogP contribution is 2.41. The van der Waals surface area contributed by atoms with E-state index in [2.05, 4.69) is 9.97 Å². The lowest BCUT2D eigenvalue weighted by Crippen LogP contribution is -2.47. The van der Waals surface area contributed by atoms with E-state index in [4.69, 9.17) is 4.74 Å². The van der Waals surface area contributed by atoms with Gasteiger partial charge in [-0.25, -0.2) is 4.98 Å². The highest BCUT2D eigenvalue weighted by Gasteiger charge is 2.48. The van der Waals surface area contributed by atoms with Crippen molar-refractivity contribution in [3.8, 4) is 5.88 Å². The van der Waals surface area contributed by atoms with Gasteiger partial charge >= 0.3 is 6.18 Å². The molecule has 2 bridgehead atoms. The molecule has 3 atom stereocenters. The second kappa shape index (κ2) is 6.50. The summed E-state index contributed by atoms with van der Waals surface area (Å²) in [6, 6.07) is 9.62. The number of rotatable bonds is 3. The molecule has 1 aromatic carbocycles. The van der Waals surface area contributed by atoms with Gasteiger partial charge in [0.1, 0.15) is 6.10 Å². The Balaban J connectivity index is 1.35. The molecule has 3 heterocycles. The first-order valence-electron chi connectivity index (χ1n) is 9.47. The molecule has 5 nitrogen and oxygen atoms in total. The summed E-state index contributed by atoms with van der Waals surface area (Å²) in [7, 11) is 0. The molecule has 8 heteroatoms. The third-order valence-electron chi connectivity index (χ3n) is 5.84. The molecule has 2 aliphatic rings. The average molecular weight is 401 g/mol. The van der Waals surface area contributed by atoms with E-state index in [1.165, 1.54) is 6.07 Å². The molecule has 0 unspecified atom stereocenters. The van der Waals surface area contributed by atoms with Gasteiger partial charge in [-0.1, -0.05) is 12.1 Å². The minimum absolute atomic E-state index is 0.0563. The fraction of sp³-hybridized carbons (Fsp3) is 0.333. The molecule has 0 spiro atoms. The number of aromatic nitrogens is 2. The molecule has 3 aromatic rings. The summed E-state index contributed by atoms with van der Waals surface area (Å²) in [5.74, 6) is 0.417. The predicted octanol–water partition coefficient (Wildman–Crippen LogP) is 4.26. The maximum absolute atomic E-state index is 13.2. The maximum atomic E-state index is 13.2. The van der Waals surface area contributed by atoms with E-state index in [1.807, 2.05) is 23.1 Å². The molecule has 150 valence electrons. The van der Waals surface area contributed by atoms with Gasteiger partial charge in [0.2, 0.25) is 5.88 Å². The fourth-order valence-corrected chi connectivity index (χ4v) is 4.52. The third kappa shape index (κ3) is 3.12. The lowest BCUT2D eigenvalue weighted by molar-refractivity contribution is -0.137. The molecule has 1 saturated carbocycles. The molecule has 1 amide bonds. The molecule has 0 radical (unpaired) electrons. The zero-order chi connectivity index (χ0) is 20.2. The number of ether oxygens (including phenoxy) is 1. The van der Waals surface area contributed by atoms with Gasteiger partial charge in [-0.05, 0) is 37.0 Å². The van der Waals surface area contributed by atoms with Crippen molar-refractivity contribution in [3.05, 3.63) is 59.9 Å². The van der Waals surface area contributed by atoms with Crippen molar-refractivity contribution < 1.29 is 22.7 Å². The molecule has 1 N–H and O–H groups in total. The number of hydrogen-bond acceptors (Lipinski definition) is 3. The van der Waals surface area contributed by atoms with Gasteiger partial charge in [-0.3, -0.25) is 4.79 Å². The van der Waals surface area contributed by atoms with Crippen LogP contribution in [0.3, 0.4) is 0 Å². The number of amides is 1. The standard InChI is InChI=1S/C21H18F3N3O2/c22-21(23,24)14-4-5-18(26-10-14)29-17-9-12-8-16(17)27(11-12)20(28)15-3-1-2-13-6-7-25-19(13)15/h1-7,10,12,16-17,25H,8-9,11H2/t12-,16+,17-/m1/s1. The van der Waals surface area contributed by atoms with Crippen LogP contribution in [0, 0.1) is 5.92 Å². The Bertz CT molecular complexity index is 1060. The van der Waals surface area contributed by atoms with Crippen LogP contribution in [-0.2, 0) is 6.18 Å². The molecule has 1 aliphatic heterocycles. The number of carbonyl (C=O) groups excluding carboxylic acids is 1. The van der Waals surface area contributed by atoms with Gasteiger partial charge in [-0.2, -0.15) is 13.2 Å². The molecule has 5 rings (SSSR count). The Kier molecular flexibility index (Phi) is 4.04. The molecular weight excluding hydrogens is 383 g/mol. The number of likely N-dealkylation sites (tertiary alicyclic amines) is 1. The summed E-state index contributed by atoms with van der Waals surface area (Å²) >= 11 is 0. The van der Waals surface area contributed by atoms with Crippen LogP contribution in [0.1, 0.15) is 28.8 Å². The number of para-hydroxylation sites is 1. The van der Waals surface area contributed by atoms with Crippen LogP contribution in [-0.4, -0.2) is 39.5 Å². The molecule has 1 saturated heterocycles. The van der Waals surface area contributed by atoms with Crippen LogP contribution in [0.15, 0.2) is 48.8 Å². The summed E-state index contributed by atoms with van der Waals surface area (Å²) in [6.07, 6.45) is -0.525. The number of alkyl halides is 3. The van der Waals surface area contributed by atoms with Crippen molar-refractivity contribution in [2.45, 2.75) is 31.2 Å². The van der Waals surface area contributed by atoms with E-state index in [0.717, 1.165) is 36.0 Å². The lowest BCUT2D eigenvalue weighted by atomic mass is 10.1. The molecule has 29 heavy (non-hydrogen) atoms. The molecule has 2 aromatic heterocycles. The van der Waals surface area contributed by atoms with E-state index < -0.39 is 11.7 Å². The topological polar surface area (TPSA) is 58.2 Å². The van der Waals surface area contributed by atoms with E-state index in [1.54, 1.807) is 12.3 Å². The summed E-state index contributed by atoms with van der Waals surface area (Å²) in [5, 5.41) is 0.974. The van der Waals surface area contributed by atoms with Gasteiger partial charge in [0.25, 0.3) is 5.91 Å². The zero-order valence-corrected chi connectivity index (χ0v) is 15.3. The summed E-state index contributed by atoms with van der Waals surface area (Å²) in [5.41, 5.74) is 0.613. The Morgan fingerprint density at radius 3 is 2.76 bits per heavy atom. The smallest absolute Gasteiger partial charge is 0.417 e. The number of piperidine rings is 1. The second-order valence-electron chi connectivity index (χ2n) is 7.65. The van der Waals surface area contributed by atoms with E-state index in [-0.39, 0.29) is 23.9 Å². The van der Waals surface area contributed by atoms with Gasteiger partial charge in [0, 0.05) is 30.4 Å². The Morgan fingerprint density at radius 1 is 1.17 bits per heavy atom. The molecular formula is C21H18F3N3O2. The minimum atomic E-state index is -4.43. The summed E-state index contributed by atoms with van der Waals surface area (Å²) in [6.45, 7) is 0.668. The first kappa shape index (κ1) is 18.0. The second-order valence-corrected chi connectivity index (χ2v) is 7.65. The van der Waals surface area contributed by atoms with E-state index >= 15 is 0 Å². The van der Waals surface area contributed by atoms with Crippen LogP contribution >= 0.6 is 0 Å². The van der Waals surface area contributed by atoms with Gasteiger partial charge in [-0.15, -0.1) is 0 Å². The van der Waals surface area contributed by atoms with Crippen LogP contribution < -0.4 is 4.74 Å². The van der Waals surface area contributed by atoms with Crippen molar-refractivity contribution in [3.63, 3.8) is 0 Å². The minimum Gasteiger partial charge on any atom is -0.472 e. The normalized spacial score (nSPS) is 23.7. The number of benzene rings is 1. The quantitative estimate of drug-likeness (QED) is 0.713. The number of nitrogens with zero attached hydrogens (tertiary/aromatic N) is 2. The van der Waals surface area contributed by atoms with E-state index in [0.29, 0.717) is 18.0 Å². The van der Waals surface area contributed by atoms with Crippen molar-refractivity contribution in [1.82, 2.24) is 14.9 Å².